The van der Waals surface area contributed by atoms with Crippen LogP contribution in [-0.4, -0.2) is 30.3 Å². The van der Waals surface area contributed by atoms with Crippen molar-refractivity contribution in [2.75, 3.05) is 18.5 Å². The van der Waals surface area contributed by atoms with Crippen LogP contribution in [0.15, 0.2) is 54.7 Å². The normalized spacial score (nSPS) is 16.8. The van der Waals surface area contributed by atoms with Gasteiger partial charge in [0, 0.05) is 23.9 Å². The minimum atomic E-state index is -4.45. The Kier molecular flexibility index (Phi) is 6.08. The Morgan fingerprint density at radius 2 is 1.97 bits per heavy atom. The summed E-state index contributed by atoms with van der Waals surface area (Å²) >= 11 is 0. The van der Waals surface area contributed by atoms with Crippen molar-refractivity contribution in [3.8, 4) is 0 Å². The minimum Gasteiger partial charge on any atom is -0.459 e. The van der Waals surface area contributed by atoms with Gasteiger partial charge in [-0.25, -0.2) is 4.79 Å². The van der Waals surface area contributed by atoms with Crippen LogP contribution >= 0.6 is 0 Å². The van der Waals surface area contributed by atoms with E-state index in [1.54, 1.807) is 30.3 Å². The number of hydrogen-bond acceptors (Lipinski definition) is 5. The first-order chi connectivity index (χ1) is 14.9. The molecule has 0 bridgehead atoms. The molecule has 1 unspecified atom stereocenters. The fourth-order valence-electron chi connectivity index (χ4n) is 3.53. The Hall–Kier alpha value is -3.13. The number of carbonyl (C=O) groups is 1. The van der Waals surface area contributed by atoms with Gasteiger partial charge in [0.1, 0.15) is 6.61 Å². The molecule has 1 aliphatic rings. The summed E-state index contributed by atoms with van der Waals surface area (Å²) in [6, 6.07) is 11.9. The zero-order valence-corrected chi connectivity index (χ0v) is 16.6. The SMILES string of the molecule is O=C(OCC1CCCCO1)c1ccccc1Nc1ccnc2cc(C(F)(F)F)ccc12. The van der Waals surface area contributed by atoms with Gasteiger partial charge < -0.3 is 14.8 Å². The molecule has 5 nitrogen and oxygen atoms in total. The number of carbonyl (C=O) groups excluding carboxylic acids is 1. The van der Waals surface area contributed by atoms with E-state index >= 15 is 0 Å². The van der Waals surface area contributed by atoms with Crippen molar-refractivity contribution < 1.29 is 27.4 Å². The van der Waals surface area contributed by atoms with Crippen LogP contribution in [-0.2, 0) is 15.7 Å². The highest BCUT2D eigenvalue weighted by molar-refractivity contribution is 5.99. The second-order valence-corrected chi connectivity index (χ2v) is 7.35. The number of anilines is 2. The number of nitrogens with one attached hydrogen (secondary N) is 1. The first-order valence-corrected chi connectivity index (χ1v) is 10.0. The predicted molar refractivity (Wildman–Crippen MR) is 110 cm³/mol. The summed E-state index contributed by atoms with van der Waals surface area (Å²) < 4.78 is 50.1. The van der Waals surface area contributed by atoms with Gasteiger partial charge in [0.25, 0.3) is 0 Å². The van der Waals surface area contributed by atoms with Crippen LogP contribution in [0, 0.1) is 0 Å². The number of aromatic nitrogens is 1. The topological polar surface area (TPSA) is 60.5 Å². The van der Waals surface area contributed by atoms with Crippen molar-refractivity contribution in [2.45, 2.75) is 31.5 Å². The number of para-hydroxylation sites is 1. The monoisotopic (exact) mass is 430 g/mol. The van der Waals surface area contributed by atoms with Crippen LogP contribution in [0.2, 0.25) is 0 Å². The molecular formula is C23H21F3N2O3. The second-order valence-electron chi connectivity index (χ2n) is 7.35. The van der Waals surface area contributed by atoms with E-state index in [-0.39, 0.29) is 18.2 Å². The molecule has 0 aliphatic carbocycles. The molecule has 1 fully saturated rings. The minimum absolute atomic E-state index is 0.0928. The molecule has 31 heavy (non-hydrogen) atoms. The van der Waals surface area contributed by atoms with Crippen LogP contribution in [0.25, 0.3) is 10.9 Å². The third-order valence-electron chi connectivity index (χ3n) is 5.16. The largest absolute Gasteiger partial charge is 0.459 e. The zero-order valence-electron chi connectivity index (χ0n) is 16.6. The molecule has 3 aromatic rings. The fourth-order valence-corrected chi connectivity index (χ4v) is 3.53. The third kappa shape index (κ3) is 4.96. The summed E-state index contributed by atoms with van der Waals surface area (Å²) in [5.41, 5.74) is 0.794. The lowest BCUT2D eigenvalue weighted by Gasteiger charge is -2.22. The van der Waals surface area contributed by atoms with E-state index in [4.69, 9.17) is 9.47 Å². The van der Waals surface area contributed by atoms with Gasteiger partial charge in [-0.05, 0) is 49.6 Å². The van der Waals surface area contributed by atoms with Crippen LogP contribution in [0.4, 0.5) is 24.5 Å². The molecule has 1 N–H and O–H groups in total. The maximum Gasteiger partial charge on any atom is 0.416 e. The second kappa shape index (κ2) is 8.93. The highest BCUT2D eigenvalue weighted by Crippen LogP contribution is 2.33. The summed E-state index contributed by atoms with van der Waals surface area (Å²) in [7, 11) is 0. The Balaban J connectivity index is 1.56. The van der Waals surface area contributed by atoms with Gasteiger partial charge in [0.2, 0.25) is 0 Å². The Bertz CT molecular complexity index is 1080. The van der Waals surface area contributed by atoms with E-state index in [1.807, 2.05) is 0 Å². The molecule has 1 atom stereocenters. The molecule has 2 heterocycles. The van der Waals surface area contributed by atoms with E-state index in [2.05, 4.69) is 10.3 Å². The van der Waals surface area contributed by atoms with Crippen molar-refractivity contribution in [1.29, 1.82) is 0 Å². The maximum absolute atomic E-state index is 13.0. The molecule has 8 heteroatoms. The van der Waals surface area contributed by atoms with Crippen LogP contribution in [0.3, 0.4) is 0 Å². The number of nitrogens with zero attached hydrogens (tertiary/aromatic N) is 1. The molecule has 1 saturated heterocycles. The van der Waals surface area contributed by atoms with E-state index in [0.717, 1.165) is 31.4 Å². The van der Waals surface area contributed by atoms with Crippen molar-refractivity contribution in [3.63, 3.8) is 0 Å². The Morgan fingerprint density at radius 1 is 1.13 bits per heavy atom. The maximum atomic E-state index is 13.0. The zero-order chi connectivity index (χ0) is 21.8. The fraction of sp³-hybridized carbons (Fsp3) is 0.304. The number of rotatable bonds is 5. The van der Waals surface area contributed by atoms with Gasteiger partial charge in [0.15, 0.2) is 0 Å². The summed E-state index contributed by atoms with van der Waals surface area (Å²) in [6.45, 7) is 0.858. The third-order valence-corrected chi connectivity index (χ3v) is 5.16. The van der Waals surface area contributed by atoms with Crippen molar-refractivity contribution in [1.82, 2.24) is 4.98 Å². The standard InChI is InChI=1S/C23H21F3N2O3/c24-23(25,26)15-8-9-17-20(10-11-27-21(17)13-15)28-19-7-2-1-6-18(19)22(29)31-14-16-5-3-4-12-30-16/h1-2,6-11,13,16H,3-5,12,14H2,(H,27,28). The number of halogens is 3. The smallest absolute Gasteiger partial charge is 0.416 e. The van der Waals surface area contributed by atoms with E-state index in [9.17, 15) is 18.0 Å². The molecular weight excluding hydrogens is 409 g/mol. The number of fused-ring (bicyclic) bond motifs is 1. The highest BCUT2D eigenvalue weighted by atomic mass is 19.4. The van der Waals surface area contributed by atoms with E-state index < -0.39 is 17.7 Å². The lowest BCUT2D eigenvalue weighted by Crippen LogP contribution is -2.26. The number of pyridine rings is 1. The van der Waals surface area contributed by atoms with Gasteiger partial charge in [0.05, 0.1) is 28.4 Å². The molecule has 162 valence electrons. The van der Waals surface area contributed by atoms with Gasteiger partial charge in [-0.15, -0.1) is 0 Å². The summed E-state index contributed by atoms with van der Waals surface area (Å²) in [5.74, 6) is -0.491. The van der Waals surface area contributed by atoms with Crippen molar-refractivity contribution in [2.24, 2.45) is 0 Å². The summed E-state index contributed by atoms with van der Waals surface area (Å²) in [6.07, 6.45) is -0.197. The van der Waals surface area contributed by atoms with Crippen LogP contribution in [0.5, 0.6) is 0 Å². The Morgan fingerprint density at radius 3 is 2.74 bits per heavy atom. The lowest BCUT2D eigenvalue weighted by molar-refractivity contribution is -0.137. The quantitative estimate of drug-likeness (QED) is 0.525. The van der Waals surface area contributed by atoms with Gasteiger partial charge in [-0.3, -0.25) is 4.98 Å². The van der Waals surface area contributed by atoms with Crippen LogP contribution < -0.4 is 5.32 Å². The van der Waals surface area contributed by atoms with Gasteiger partial charge in [-0.1, -0.05) is 18.2 Å². The molecule has 0 saturated carbocycles. The molecule has 0 radical (unpaired) electrons. The highest BCUT2D eigenvalue weighted by Gasteiger charge is 2.30. The van der Waals surface area contributed by atoms with Crippen molar-refractivity contribution in [3.05, 3.63) is 65.9 Å². The van der Waals surface area contributed by atoms with E-state index in [0.29, 0.717) is 28.9 Å². The number of ether oxygens (including phenoxy) is 2. The molecule has 2 aromatic carbocycles. The summed E-state index contributed by atoms with van der Waals surface area (Å²) in [4.78, 5) is 16.7. The van der Waals surface area contributed by atoms with E-state index in [1.165, 1.54) is 12.3 Å². The first-order valence-electron chi connectivity index (χ1n) is 10.0. The molecule has 1 aliphatic heterocycles. The first kappa shape index (κ1) is 21.1. The lowest BCUT2D eigenvalue weighted by atomic mass is 10.1. The predicted octanol–water partition coefficient (Wildman–Crippen LogP) is 5.72. The molecule has 1 aromatic heterocycles. The number of esters is 1. The van der Waals surface area contributed by atoms with Crippen LogP contribution in [0.1, 0.15) is 35.2 Å². The van der Waals surface area contributed by atoms with Gasteiger partial charge >= 0.3 is 12.1 Å². The van der Waals surface area contributed by atoms with Gasteiger partial charge in [-0.2, -0.15) is 13.2 Å². The average molecular weight is 430 g/mol. The summed E-state index contributed by atoms with van der Waals surface area (Å²) in [5, 5.41) is 3.65. The number of hydrogen-bond donors (Lipinski definition) is 1. The Labute approximate surface area is 177 Å². The molecule has 0 amide bonds. The molecule has 0 spiro atoms. The number of benzene rings is 2. The number of alkyl halides is 3. The molecule has 4 rings (SSSR count). The van der Waals surface area contributed by atoms with Crippen molar-refractivity contribution >= 4 is 28.2 Å². The average Bonchev–Trinajstić information content (AvgIpc) is 2.78.